The van der Waals surface area contributed by atoms with Gasteiger partial charge < -0.3 is 13.9 Å². The Morgan fingerprint density at radius 3 is 2.89 bits per heavy atom. The predicted octanol–water partition coefficient (Wildman–Crippen LogP) is 2.17. The fraction of sp³-hybridized carbons (Fsp3) is 0.538. The van der Waals surface area contributed by atoms with Gasteiger partial charge in [-0.05, 0) is 37.8 Å². The van der Waals surface area contributed by atoms with Gasteiger partial charge in [0.2, 0.25) is 5.76 Å². The molecule has 2 atom stereocenters. The van der Waals surface area contributed by atoms with Gasteiger partial charge in [-0.15, -0.1) is 0 Å². The van der Waals surface area contributed by atoms with Crippen LogP contribution in [0.4, 0.5) is 0 Å². The molecule has 0 radical (unpaired) electrons. The fourth-order valence-electron chi connectivity index (χ4n) is 2.24. The van der Waals surface area contributed by atoms with Crippen molar-refractivity contribution in [3.8, 4) is 0 Å². The summed E-state index contributed by atoms with van der Waals surface area (Å²) in [6.07, 6.45) is 4.14. The summed E-state index contributed by atoms with van der Waals surface area (Å²) in [5.41, 5.74) is 0. The Kier molecular flexibility index (Phi) is 4.02. The van der Waals surface area contributed by atoms with Crippen LogP contribution in [0, 0.1) is 5.92 Å². The summed E-state index contributed by atoms with van der Waals surface area (Å²) < 4.78 is 15.0. The highest BCUT2D eigenvalue weighted by Crippen LogP contribution is 2.27. The van der Waals surface area contributed by atoms with Crippen LogP contribution in [0.3, 0.4) is 0 Å². The van der Waals surface area contributed by atoms with Crippen LogP contribution in [0.5, 0.6) is 0 Å². The van der Waals surface area contributed by atoms with Crippen LogP contribution >= 0.6 is 0 Å². The first-order chi connectivity index (χ1) is 8.70. The number of carbonyl (C=O) groups is 2. The summed E-state index contributed by atoms with van der Waals surface area (Å²) in [6, 6.07) is 3.19. The minimum absolute atomic E-state index is 0.168. The minimum Gasteiger partial charge on any atom is -0.469 e. The van der Waals surface area contributed by atoms with Crippen molar-refractivity contribution in [2.24, 2.45) is 5.92 Å². The summed E-state index contributed by atoms with van der Waals surface area (Å²) in [6.45, 7) is 0. The Labute approximate surface area is 105 Å². The zero-order chi connectivity index (χ0) is 13.0. The number of carbonyl (C=O) groups excluding carboxylic acids is 2. The second-order valence-corrected chi connectivity index (χ2v) is 4.39. The van der Waals surface area contributed by atoms with E-state index >= 15 is 0 Å². The molecule has 0 bridgehead atoms. The molecule has 0 spiro atoms. The third-order valence-electron chi connectivity index (χ3n) is 3.16. The summed E-state index contributed by atoms with van der Waals surface area (Å²) in [5, 5.41) is 0. The van der Waals surface area contributed by atoms with Crippen molar-refractivity contribution in [3.05, 3.63) is 24.2 Å². The van der Waals surface area contributed by atoms with Gasteiger partial charge in [0.25, 0.3) is 0 Å². The molecular weight excluding hydrogens is 236 g/mol. The van der Waals surface area contributed by atoms with Crippen LogP contribution in [-0.2, 0) is 14.3 Å². The molecule has 98 valence electrons. The number of hydrogen-bond donors (Lipinski definition) is 0. The van der Waals surface area contributed by atoms with Crippen molar-refractivity contribution in [2.45, 2.75) is 31.8 Å². The SMILES string of the molecule is COC(=O)C1CCCC(OC(=O)c2ccco2)C1. The Bertz CT molecular complexity index is 409. The monoisotopic (exact) mass is 252 g/mol. The lowest BCUT2D eigenvalue weighted by Crippen LogP contribution is -2.30. The lowest BCUT2D eigenvalue weighted by molar-refractivity contribution is -0.148. The van der Waals surface area contributed by atoms with Gasteiger partial charge in [-0.25, -0.2) is 4.79 Å². The molecule has 1 aliphatic rings. The number of methoxy groups -OCH3 is 1. The van der Waals surface area contributed by atoms with E-state index in [0.717, 1.165) is 19.3 Å². The van der Waals surface area contributed by atoms with Gasteiger partial charge in [0.05, 0.1) is 19.3 Å². The molecular formula is C13H16O5. The zero-order valence-corrected chi connectivity index (χ0v) is 10.3. The van der Waals surface area contributed by atoms with E-state index in [-0.39, 0.29) is 23.8 Å². The molecule has 1 aliphatic carbocycles. The summed E-state index contributed by atoms with van der Waals surface area (Å²) in [4.78, 5) is 23.1. The predicted molar refractivity (Wildman–Crippen MR) is 61.9 cm³/mol. The maximum atomic E-state index is 11.7. The fourth-order valence-corrected chi connectivity index (χ4v) is 2.24. The van der Waals surface area contributed by atoms with Gasteiger partial charge in [0.1, 0.15) is 6.10 Å². The minimum atomic E-state index is -0.476. The van der Waals surface area contributed by atoms with E-state index < -0.39 is 5.97 Å². The average molecular weight is 252 g/mol. The first-order valence-corrected chi connectivity index (χ1v) is 6.03. The summed E-state index contributed by atoms with van der Waals surface area (Å²) in [7, 11) is 1.38. The largest absolute Gasteiger partial charge is 0.469 e. The van der Waals surface area contributed by atoms with Crippen LogP contribution in [-0.4, -0.2) is 25.2 Å². The van der Waals surface area contributed by atoms with E-state index in [1.165, 1.54) is 13.4 Å². The smallest absolute Gasteiger partial charge is 0.374 e. The molecule has 18 heavy (non-hydrogen) atoms. The highest BCUT2D eigenvalue weighted by molar-refractivity contribution is 5.86. The van der Waals surface area contributed by atoms with E-state index in [1.54, 1.807) is 12.1 Å². The van der Waals surface area contributed by atoms with Crippen molar-refractivity contribution in [3.63, 3.8) is 0 Å². The maximum Gasteiger partial charge on any atom is 0.374 e. The number of esters is 2. The summed E-state index contributed by atoms with van der Waals surface area (Å²) in [5.74, 6) is -0.683. The molecule has 2 unspecified atom stereocenters. The van der Waals surface area contributed by atoms with E-state index in [9.17, 15) is 9.59 Å². The second kappa shape index (κ2) is 5.71. The number of furan rings is 1. The Morgan fingerprint density at radius 1 is 1.39 bits per heavy atom. The van der Waals surface area contributed by atoms with E-state index in [2.05, 4.69) is 0 Å². The first-order valence-electron chi connectivity index (χ1n) is 6.03. The standard InChI is InChI=1S/C13H16O5/c1-16-12(14)9-4-2-5-10(8-9)18-13(15)11-6-3-7-17-11/h3,6-7,9-10H,2,4-5,8H2,1H3. The lowest BCUT2D eigenvalue weighted by Gasteiger charge is -2.26. The molecule has 1 saturated carbocycles. The molecule has 0 aliphatic heterocycles. The molecule has 5 heteroatoms. The van der Waals surface area contributed by atoms with Crippen LogP contribution in [0.15, 0.2) is 22.8 Å². The van der Waals surface area contributed by atoms with Crippen LogP contribution < -0.4 is 0 Å². The molecule has 0 amide bonds. The van der Waals surface area contributed by atoms with Crippen molar-refractivity contribution in [1.82, 2.24) is 0 Å². The van der Waals surface area contributed by atoms with Crippen molar-refractivity contribution < 1.29 is 23.5 Å². The summed E-state index contributed by atoms with van der Waals surface area (Å²) >= 11 is 0. The molecule has 0 aromatic carbocycles. The van der Waals surface area contributed by atoms with Gasteiger partial charge in [0, 0.05) is 0 Å². The molecule has 1 aromatic heterocycles. The van der Waals surface area contributed by atoms with Gasteiger partial charge in [-0.2, -0.15) is 0 Å². The number of hydrogen-bond acceptors (Lipinski definition) is 5. The third-order valence-corrected chi connectivity index (χ3v) is 3.16. The van der Waals surface area contributed by atoms with Gasteiger partial charge >= 0.3 is 11.9 Å². The Balaban J connectivity index is 1.90. The lowest BCUT2D eigenvalue weighted by atomic mass is 9.87. The average Bonchev–Trinajstić information content (AvgIpc) is 2.92. The van der Waals surface area contributed by atoms with E-state index in [1.807, 2.05) is 0 Å². The quantitative estimate of drug-likeness (QED) is 0.771. The van der Waals surface area contributed by atoms with E-state index in [0.29, 0.717) is 6.42 Å². The van der Waals surface area contributed by atoms with Gasteiger partial charge in [-0.1, -0.05) is 0 Å². The maximum absolute atomic E-state index is 11.7. The molecule has 0 saturated heterocycles. The highest BCUT2D eigenvalue weighted by Gasteiger charge is 2.30. The number of ether oxygens (including phenoxy) is 2. The van der Waals surface area contributed by atoms with Crippen LogP contribution in [0.25, 0.3) is 0 Å². The number of rotatable bonds is 3. The van der Waals surface area contributed by atoms with Crippen molar-refractivity contribution in [1.29, 1.82) is 0 Å². The molecule has 1 heterocycles. The molecule has 2 rings (SSSR count). The first kappa shape index (κ1) is 12.7. The molecule has 1 fully saturated rings. The topological polar surface area (TPSA) is 65.7 Å². The van der Waals surface area contributed by atoms with Gasteiger partial charge in [-0.3, -0.25) is 4.79 Å². The second-order valence-electron chi connectivity index (χ2n) is 4.39. The van der Waals surface area contributed by atoms with Crippen LogP contribution in [0.2, 0.25) is 0 Å². The van der Waals surface area contributed by atoms with E-state index in [4.69, 9.17) is 13.9 Å². The van der Waals surface area contributed by atoms with Crippen molar-refractivity contribution in [2.75, 3.05) is 7.11 Å². The normalized spacial score (nSPS) is 23.4. The zero-order valence-electron chi connectivity index (χ0n) is 10.3. The van der Waals surface area contributed by atoms with Crippen LogP contribution in [0.1, 0.15) is 36.2 Å². The third kappa shape index (κ3) is 2.91. The highest BCUT2D eigenvalue weighted by atomic mass is 16.6. The molecule has 0 N–H and O–H groups in total. The molecule has 5 nitrogen and oxygen atoms in total. The Morgan fingerprint density at radius 2 is 2.22 bits per heavy atom. The Hall–Kier alpha value is -1.78. The molecule has 1 aromatic rings. The van der Waals surface area contributed by atoms with Crippen molar-refractivity contribution >= 4 is 11.9 Å². The van der Waals surface area contributed by atoms with Gasteiger partial charge in [0.15, 0.2) is 0 Å².